The fourth-order valence-corrected chi connectivity index (χ4v) is 2.32. The van der Waals surface area contributed by atoms with Crippen molar-refractivity contribution in [3.63, 3.8) is 0 Å². The zero-order valence-corrected chi connectivity index (χ0v) is 10.6. The van der Waals surface area contributed by atoms with Crippen LogP contribution in [0.25, 0.3) is 0 Å². The van der Waals surface area contributed by atoms with Crippen LogP contribution in [0.3, 0.4) is 0 Å². The summed E-state index contributed by atoms with van der Waals surface area (Å²) in [5.41, 5.74) is 0.243. The van der Waals surface area contributed by atoms with E-state index in [9.17, 15) is 13.2 Å². The molecule has 0 aliphatic heterocycles. The van der Waals surface area contributed by atoms with Gasteiger partial charge in [0.15, 0.2) is 9.84 Å². The van der Waals surface area contributed by atoms with Crippen molar-refractivity contribution in [1.29, 1.82) is 0 Å². The van der Waals surface area contributed by atoms with Crippen molar-refractivity contribution < 1.29 is 17.9 Å². The average molecular weight is 257 g/mol. The minimum absolute atomic E-state index is 0.0193. The average Bonchev–Trinajstić information content (AvgIpc) is 2.30. The van der Waals surface area contributed by atoms with Crippen LogP contribution in [0.2, 0.25) is 0 Å². The number of hydrogen-bond donors (Lipinski definition) is 1. The fraction of sp³-hybridized carbons (Fsp3) is 0.364. The Bertz CT molecular complexity index is 496. The molecule has 1 rings (SSSR count). The van der Waals surface area contributed by atoms with Gasteiger partial charge in [0.2, 0.25) is 0 Å². The number of rotatable bonds is 4. The lowest BCUT2D eigenvalue weighted by Gasteiger charge is -2.10. The number of hydrogen-bond acceptors (Lipinski definition) is 4. The quantitative estimate of drug-likeness (QED) is 0.896. The molecule has 1 amide bonds. The minimum Gasteiger partial charge on any atom is -0.450 e. The van der Waals surface area contributed by atoms with Gasteiger partial charge in [0.25, 0.3) is 0 Å². The molecule has 0 bridgehead atoms. The molecular weight excluding hydrogens is 242 g/mol. The summed E-state index contributed by atoms with van der Waals surface area (Å²) in [6.07, 6.45) is -0.661. The van der Waals surface area contributed by atoms with Crippen LogP contribution in [0.1, 0.15) is 13.8 Å². The molecule has 0 fully saturated rings. The Labute approximate surface area is 101 Å². The first-order chi connectivity index (χ1) is 8.01. The molecule has 94 valence electrons. The lowest BCUT2D eigenvalue weighted by atomic mass is 10.3. The van der Waals surface area contributed by atoms with Gasteiger partial charge in [-0.15, -0.1) is 0 Å². The SMILES string of the molecule is CCOC(=O)Nc1ccccc1S(=O)(=O)CC. The molecule has 6 heteroatoms. The van der Waals surface area contributed by atoms with Crippen LogP contribution in [0.4, 0.5) is 10.5 Å². The number of benzene rings is 1. The van der Waals surface area contributed by atoms with Crippen LogP contribution in [0.15, 0.2) is 29.2 Å². The second kappa shape index (κ2) is 5.67. The highest BCUT2D eigenvalue weighted by molar-refractivity contribution is 7.91. The van der Waals surface area contributed by atoms with Gasteiger partial charge in [0.1, 0.15) is 0 Å². The highest BCUT2D eigenvalue weighted by atomic mass is 32.2. The standard InChI is InChI=1S/C11H15NO4S/c1-3-16-11(13)12-9-7-5-6-8-10(9)17(14,15)4-2/h5-8H,3-4H2,1-2H3,(H,12,13). The Morgan fingerprint density at radius 2 is 1.94 bits per heavy atom. The van der Waals surface area contributed by atoms with Gasteiger partial charge in [0.05, 0.1) is 22.9 Å². The Hall–Kier alpha value is -1.56. The summed E-state index contributed by atoms with van der Waals surface area (Å²) >= 11 is 0. The summed E-state index contributed by atoms with van der Waals surface area (Å²) in [6, 6.07) is 6.25. The molecule has 0 saturated heterocycles. The third-order valence-corrected chi connectivity index (χ3v) is 3.90. The minimum atomic E-state index is -3.36. The van der Waals surface area contributed by atoms with Crippen molar-refractivity contribution in [2.75, 3.05) is 17.7 Å². The molecular formula is C11H15NO4S. The molecule has 0 heterocycles. The molecule has 5 nitrogen and oxygen atoms in total. The summed E-state index contributed by atoms with van der Waals surface area (Å²) in [5.74, 6) is -0.0193. The van der Waals surface area contributed by atoms with E-state index in [0.29, 0.717) is 0 Å². The predicted molar refractivity (Wildman–Crippen MR) is 64.8 cm³/mol. The number of nitrogens with one attached hydrogen (secondary N) is 1. The fourth-order valence-electron chi connectivity index (χ4n) is 1.27. The number of carbonyl (C=O) groups is 1. The van der Waals surface area contributed by atoms with Gasteiger partial charge in [-0.3, -0.25) is 5.32 Å². The van der Waals surface area contributed by atoms with Crippen molar-refractivity contribution in [3.8, 4) is 0 Å². The number of sulfone groups is 1. The molecule has 1 aromatic carbocycles. The zero-order valence-electron chi connectivity index (χ0n) is 9.76. The summed E-state index contributed by atoms with van der Waals surface area (Å²) in [4.78, 5) is 11.4. The van der Waals surface area contributed by atoms with E-state index in [-0.39, 0.29) is 22.9 Å². The number of anilines is 1. The maximum atomic E-state index is 11.8. The smallest absolute Gasteiger partial charge is 0.411 e. The van der Waals surface area contributed by atoms with Crippen LogP contribution in [-0.4, -0.2) is 26.9 Å². The lowest BCUT2D eigenvalue weighted by Crippen LogP contribution is -2.16. The monoisotopic (exact) mass is 257 g/mol. The van der Waals surface area contributed by atoms with E-state index < -0.39 is 15.9 Å². The van der Waals surface area contributed by atoms with E-state index >= 15 is 0 Å². The van der Waals surface area contributed by atoms with Crippen LogP contribution in [0, 0.1) is 0 Å². The van der Waals surface area contributed by atoms with Crippen molar-refractivity contribution in [2.24, 2.45) is 0 Å². The highest BCUT2D eigenvalue weighted by Gasteiger charge is 2.17. The van der Waals surface area contributed by atoms with Gasteiger partial charge in [-0.1, -0.05) is 19.1 Å². The van der Waals surface area contributed by atoms with E-state index in [1.54, 1.807) is 26.0 Å². The zero-order chi connectivity index (χ0) is 12.9. The molecule has 0 aliphatic carbocycles. The van der Waals surface area contributed by atoms with E-state index in [1.807, 2.05) is 0 Å². The van der Waals surface area contributed by atoms with Gasteiger partial charge < -0.3 is 4.74 Å². The van der Waals surface area contributed by atoms with E-state index in [2.05, 4.69) is 5.32 Å². The van der Waals surface area contributed by atoms with Crippen molar-refractivity contribution >= 4 is 21.6 Å². The van der Waals surface area contributed by atoms with Crippen LogP contribution < -0.4 is 5.32 Å². The van der Waals surface area contributed by atoms with Gasteiger partial charge in [-0.05, 0) is 19.1 Å². The molecule has 0 atom stereocenters. The normalized spacial score (nSPS) is 10.9. The molecule has 0 unspecified atom stereocenters. The van der Waals surface area contributed by atoms with Crippen LogP contribution >= 0.6 is 0 Å². The molecule has 0 spiro atoms. The van der Waals surface area contributed by atoms with Gasteiger partial charge in [0, 0.05) is 0 Å². The van der Waals surface area contributed by atoms with E-state index in [0.717, 1.165) is 0 Å². The Kier molecular flexibility index (Phi) is 4.51. The van der Waals surface area contributed by atoms with E-state index in [1.165, 1.54) is 12.1 Å². The molecule has 17 heavy (non-hydrogen) atoms. The third-order valence-electron chi connectivity index (χ3n) is 2.11. The predicted octanol–water partition coefficient (Wildman–Crippen LogP) is 2.05. The maximum absolute atomic E-state index is 11.8. The second-order valence-electron chi connectivity index (χ2n) is 3.25. The van der Waals surface area contributed by atoms with Crippen LogP contribution in [0.5, 0.6) is 0 Å². The first-order valence-corrected chi connectivity index (χ1v) is 6.92. The van der Waals surface area contributed by atoms with Crippen molar-refractivity contribution in [2.45, 2.75) is 18.7 Å². The highest BCUT2D eigenvalue weighted by Crippen LogP contribution is 2.21. The van der Waals surface area contributed by atoms with Crippen molar-refractivity contribution in [3.05, 3.63) is 24.3 Å². The molecule has 1 N–H and O–H groups in total. The Morgan fingerprint density at radius 1 is 1.29 bits per heavy atom. The maximum Gasteiger partial charge on any atom is 0.411 e. The summed E-state index contributed by atoms with van der Waals surface area (Å²) in [5, 5.41) is 2.41. The van der Waals surface area contributed by atoms with Gasteiger partial charge >= 0.3 is 6.09 Å². The molecule has 0 aliphatic rings. The molecule has 1 aromatic rings. The molecule has 0 radical (unpaired) electrons. The first kappa shape index (κ1) is 13.5. The Morgan fingerprint density at radius 3 is 2.53 bits per heavy atom. The number of carbonyl (C=O) groups excluding carboxylic acids is 1. The summed E-state index contributed by atoms with van der Waals surface area (Å²) in [7, 11) is -3.36. The number of ether oxygens (including phenoxy) is 1. The largest absolute Gasteiger partial charge is 0.450 e. The third kappa shape index (κ3) is 3.45. The molecule has 0 aromatic heterocycles. The van der Waals surface area contributed by atoms with Crippen molar-refractivity contribution in [1.82, 2.24) is 0 Å². The number of amides is 1. The summed E-state index contributed by atoms with van der Waals surface area (Å²) in [6.45, 7) is 3.46. The molecule has 0 saturated carbocycles. The van der Waals surface area contributed by atoms with E-state index in [4.69, 9.17) is 4.74 Å². The van der Waals surface area contributed by atoms with Crippen LogP contribution in [-0.2, 0) is 14.6 Å². The topological polar surface area (TPSA) is 72.5 Å². The number of para-hydroxylation sites is 1. The van der Waals surface area contributed by atoms with Gasteiger partial charge in [-0.25, -0.2) is 13.2 Å². The first-order valence-electron chi connectivity index (χ1n) is 5.26. The lowest BCUT2D eigenvalue weighted by molar-refractivity contribution is 0.168. The Balaban J connectivity index is 3.05. The second-order valence-corrected chi connectivity index (χ2v) is 5.49. The summed E-state index contributed by atoms with van der Waals surface area (Å²) < 4.78 is 28.2. The van der Waals surface area contributed by atoms with Gasteiger partial charge in [-0.2, -0.15) is 0 Å².